The number of halogens is 1. The zero-order valence-electron chi connectivity index (χ0n) is 12.9. The van der Waals surface area contributed by atoms with E-state index in [9.17, 15) is 5.11 Å². The minimum atomic E-state index is 0.193. The van der Waals surface area contributed by atoms with Crippen molar-refractivity contribution in [3.63, 3.8) is 0 Å². The monoisotopic (exact) mass is 393 g/mol. The Kier molecular flexibility index (Phi) is 4.03. The molecule has 5 nitrogen and oxygen atoms in total. The van der Waals surface area contributed by atoms with Crippen molar-refractivity contribution in [2.24, 2.45) is 4.99 Å². The quantitative estimate of drug-likeness (QED) is 0.491. The van der Waals surface area contributed by atoms with Crippen molar-refractivity contribution < 1.29 is 9.52 Å². The lowest BCUT2D eigenvalue weighted by molar-refractivity contribution is 0.474. The van der Waals surface area contributed by atoms with Crippen LogP contribution in [-0.2, 0) is 0 Å². The van der Waals surface area contributed by atoms with Crippen LogP contribution in [-0.4, -0.2) is 21.3 Å². The molecule has 0 saturated carbocycles. The van der Waals surface area contributed by atoms with Crippen molar-refractivity contribution in [2.75, 3.05) is 0 Å². The Morgan fingerprint density at radius 1 is 1.08 bits per heavy atom. The fourth-order valence-corrected chi connectivity index (χ4v) is 2.75. The summed E-state index contributed by atoms with van der Waals surface area (Å²) >= 11 is 3.39. The highest BCUT2D eigenvalue weighted by atomic mass is 79.9. The number of aliphatic imine (C=N–C) groups is 1. The van der Waals surface area contributed by atoms with Crippen molar-refractivity contribution >= 4 is 38.9 Å². The Bertz CT molecular complexity index is 1090. The first-order chi connectivity index (χ1) is 12.2. The van der Waals surface area contributed by atoms with E-state index in [-0.39, 0.29) is 5.75 Å². The summed E-state index contributed by atoms with van der Waals surface area (Å²) in [6.07, 6.45) is 5.03. The number of rotatable bonds is 3. The zero-order chi connectivity index (χ0) is 17.2. The number of oxazole rings is 1. The molecule has 0 bridgehead atoms. The number of hydrogen-bond donors (Lipinski definition) is 1. The van der Waals surface area contributed by atoms with Crippen LogP contribution in [0.1, 0.15) is 5.56 Å². The summed E-state index contributed by atoms with van der Waals surface area (Å²) in [5, 5.41) is 9.78. The second kappa shape index (κ2) is 6.49. The highest BCUT2D eigenvalue weighted by Crippen LogP contribution is 2.28. The smallest absolute Gasteiger partial charge is 0.228 e. The molecule has 0 spiro atoms. The van der Waals surface area contributed by atoms with E-state index < -0.39 is 0 Å². The SMILES string of the molecule is Oc1ccccc1C=Nc1ccc2oc(-c3cncc(Br)c3)nc2c1. The first kappa shape index (κ1) is 15.5. The first-order valence-electron chi connectivity index (χ1n) is 7.53. The van der Waals surface area contributed by atoms with Crippen molar-refractivity contribution in [1.82, 2.24) is 9.97 Å². The first-order valence-corrected chi connectivity index (χ1v) is 8.32. The number of aromatic nitrogens is 2. The van der Waals surface area contributed by atoms with Gasteiger partial charge in [0, 0.05) is 28.6 Å². The molecule has 2 aromatic heterocycles. The van der Waals surface area contributed by atoms with Gasteiger partial charge in [0.1, 0.15) is 11.3 Å². The molecular weight excluding hydrogens is 382 g/mol. The number of para-hydroxylation sites is 1. The van der Waals surface area contributed by atoms with Crippen LogP contribution in [0.2, 0.25) is 0 Å². The van der Waals surface area contributed by atoms with Gasteiger partial charge in [-0.3, -0.25) is 9.98 Å². The molecule has 6 heteroatoms. The van der Waals surface area contributed by atoms with Crippen LogP contribution in [0, 0.1) is 0 Å². The van der Waals surface area contributed by atoms with Gasteiger partial charge in [0.05, 0.1) is 11.3 Å². The van der Waals surface area contributed by atoms with Gasteiger partial charge < -0.3 is 9.52 Å². The van der Waals surface area contributed by atoms with Crippen LogP contribution in [0.15, 0.2) is 74.8 Å². The van der Waals surface area contributed by atoms with Gasteiger partial charge >= 0.3 is 0 Å². The van der Waals surface area contributed by atoms with Gasteiger partial charge in [-0.15, -0.1) is 0 Å². The second-order valence-corrected chi connectivity index (χ2v) is 6.30. The zero-order valence-corrected chi connectivity index (χ0v) is 14.5. The molecule has 0 unspecified atom stereocenters. The third-order valence-corrected chi connectivity index (χ3v) is 4.05. The lowest BCUT2D eigenvalue weighted by Crippen LogP contribution is -1.81. The number of benzene rings is 2. The van der Waals surface area contributed by atoms with Gasteiger partial charge in [-0.1, -0.05) is 12.1 Å². The molecule has 0 aliphatic rings. The second-order valence-electron chi connectivity index (χ2n) is 5.38. The summed E-state index contributed by atoms with van der Waals surface area (Å²) in [6.45, 7) is 0. The summed E-state index contributed by atoms with van der Waals surface area (Å²) < 4.78 is 6.64. The lowest BCUT2D eigenvalue weighted by atomic mass is 10.2. The largest absolute Gasteiger partial charge is 0.507 e. The molecule has 2 heterocycles. The predicted molar refractivity (Wildman–Crippen MR) is 100 cm³/mol. The summed E-state index contributed by atoms with van der Waals surface area (Å²) in [5.41, 5.74) is 3.56. The summed E-state index contributed by atoms with van der Waals surface area (Å²) in [6, 6.07) is 14.4. The fourth-order valence-electron chi connectivity index (χ4n) is 2.39. The minimum Gasteiger partial charge on any atom is -0.507 e. The number of hydrogen-bond acceptors (Lipinski definition) is 5. The van der Waals surface area contributed by atoms with Crippen LogP contribution < -0.4 is 0 Å². The summed E-state index contributed by atoms with van der Waals surface area (Å²) in [7, 11) is 0. The van der Waals surface area contributed by atoms with Crippen LogP contribution >= 0.6 is 15.9 Å². The Morgan fingerprint density at radius 2 is 1.96 bits per heavy atom. The molecule has 1 N–H and O–H groups in total. The van der Waals surface area contributed by atoms with Crippen molar-refractivity contribution in [2.45, 2.75) is 0 Å². The minimum absolute atomic E-state index is 0.193. The molecule has 0 saturated heterocycles. The normalized spacial score (nSPS) is 11.4. The molecule has 0 aliphatic heterocycles. The summed E-state index contributed by atoms with van der Waals surface area (Å²) in [4.78, 5) is 13.0. The van der Waals surface area contributed by atoms with E-state index in [2.05, 4.69) is 30.9 Å². The van der Waals surface area contributed by atoms with Crippen molar-refractivity contribution in [3.8, 4) is 17.2 Å². The fraction of sp³-hybridized carbons (Fsp3) is 0. The summed E-state index contributed by atoms with van der Waals surface area (Å²) in [5.74, 6) is 0.698. The van der Waals surface area contributed by atoms with Crippen molar-refractivity contribution in [1.29, 1.82) is 0 Å². The van der Waals surface area contributed by atoms with E-state index >= 15 is 0 Å². The molecule has 0 amide bonds. The Hall–Kier alpha value is -2.99. The van der Waals surface area contributed by atoms with Gasteiger partial charge in [-0.05, 0) is 52.3 Å². The van der Waals surface area contributed by atoms with Gasteiger partial charge in [0.15, 0.2) is 5.58 Å². The third-order valence-electron chi connectivity index (χ3n) is 3.61. The van der Waals surface area contributed by atoms with Crippen LogP contribution in [0.5, 0.6) is 5.75 Å². The average molecular weight is 394 g/mol. The average Bonchev–Trinajstić information content (AvgIpc) is 3.04. The Balaban J connectivity index is 1.68. The van der Waals surface area contributed by atoms with Crippen LogP contribution in [0.3, 0.4) is 0 Å². The molecule has 4 aromatic rings. The van der Waals surface area contributed by atoms with E-state index in [4.69, 9.17) is 4.42 Å². The molecule has 0 fully saturated rings. The number of phenolic OH excluding ortho intramolecular Hbond substituents is 1. The number of aromatic hydroxyl groups is 1. The molecule has 0 radical (unpaired) electrons. The Morgan fingerprint density at radius 3 is 2.80 bits per heavy atom. The van der Waals surface area contributed by atoms with Crippen LogP contribution in [0.25, 0.3) is 22.6 Å². The highest BCUT2D eigenvalue weighted by Gasteiger charge is 2.09. The molecule has 122 valence electrons. The number of nitrogens with zero attached hydrogens (tertiary/aromatic N) is 3. The van der Waals surface area contributed by atoms with E-state index in [1.54, 1.807) is 36.8 Å². The van der Waals surface area contributed by atoms with E-state index in [1.807, 2.05) is 30.3 Å². The highest BCUT2D eigenvalue weighted by molar-refractivity contribution is 9.10. The molecule has 25 heavy (non-hydrogen) atoms. The standard InChI is InChI=1S/C19H12BrN3O2/c20-14-7-13(9-21-11-14)19-23-16-8-15(5-6-18(16)25-19)22-10-12-3-1-2-4-17(12)24/h1-11,24H. The molecular formula is C19H12BrN3O2. The van der Waals surface area contributed by atoms with Crippen LogP contribution in [0.4, 0.5) is 5.69 Å². The Labute approximate surface area is 151 Å². The van der Waals surface area contributed by atoms with Gasteiger partial charge in [0.25, 0.3) is 0 Å². The molecule has 2 aromatic carbocycles. The predicted octanol–water partition coefficient (Wildman–Crippen LogP) is 5.11. The maximum atomic E-state index is 9.78. The number of fused-ring (bicyclic) bond motifs is 1. The number of pyridine rings is 1. The van der Waals surface area contributed by atoms with Gasteiger partial charge in [-0.25, -0.2) is 4.98 Å². The molecule has 0 atom stereocenters. The molecule has 4 rings (SSSR count). The van der Waals surface area contributed by atoms with E-state index in [1.165, 1.54) is 0 Å². The number of phenols is 1. The topological polar surface area (TPSA) is 71.5 Å². The van der Waals surface area contributed by atoms with E-state index in [0.29, 0.717) is 22.6 Å². The lowest BCUT2D eigenvalue weighted by Gasteiger charge is -1.97. The molecule has 0 aliphatic carbocycles. The maximum absolute atomic E-state index is 9.78. The maximum Gasteiger partial charge on any atom is 0.228 e. The third kappa shape index (κ3) is 3.29. The van der Waals surface area contributed by atoms with Gasteiger partial charge in [-0.2, -0.15) is 0 Å². The van der Waals surface area contributed by atoms with Crippen molar-refractivity contribution in [3.05, 3.63) is 71.0 Å². The van der Waals surface area contributed by atoms with E-state index in [0.717, 1.165) is 15.7 Å². The van der Waals surface area contributed by atoms with Gasteiger partial charge in [0.2, 0.25) is 5.89 Å².